The maximum atomic E-state index is 14.2. The van der Waals surface area contributed by atoms with E-state index in [1.807, 2.05) is 0 Å². The monoisotopic (exact) mass is 293 g/mol. The number of nitro benzene ring substituents is 1. The van der Waals surface area contributed by atoms with Crippen LogP contribution < -0.4 is 0 Å². The van der Waals surface area contributed by atoms with Crippen molar-refractivity contribution in [1.29, 1.82) is 0 Å². The molecule has 2 atom stereocenters. The van der Waals surface area contributed by atoms with Gasteiger partial charge in [0.25, 0.3) is 5.69 Å². The van der Waals surface area contributed by atoms with Crippen molar-refractivity contribution in [2.24, 2.45) is 0 Å². The summed E-state index contributed by atoms with van der Waals surface area (Å²) in [7, 11) is 0. The third-order valence-corrected chi connectivity index (χ3v) is 4.70. The van der Waals surface area contributed by atoms with Crippen LogP contribution >= 0.6 is 0 Å². The van der Waals surface area contributed by atoms with Crippen LogP contribution in [0.3, 0.4) is 0 Å². The van der Waals surface area contributed by atoms with E-state index in [9.17, 15) is 14.5 Å². The van der Waals surface area contributed by atoms with Crippen molar-refractivity contribution in [2.75, 3.05) is 0 Å². The van der Waals surface area contributed by atoms with Crippen LogP contribution in [0.15, 0.2) is 24.3 Å². The van der Waals surface area contributed by atoms with Gasteiger partial charge in [0.15, 0.2) is 0 Å². The molecule has 5 heteroatoms. The Morgan fingerprint density at radius 2 is 1.86 bits per heavy atom. The summed E-state index contributed by atoms with van der Waals surface area (Å²) in [5.41, 5.74) is 0.578. The molecular weight excluding hydrogens is 273 g/mol. The van der Waals surface area contributed by atoms with E-state index >= 15 is 0 Å². The van der Waals surface area contributed by atoms with Crippen LogP contribution in [0.2, 0.25) is 0 Å². The Morgan fingerprint density at radius 1 is 1.19 bits per heavy atom. The molecule has 114 valence electrons. The first kappa shape index (κ1) is 14.4. The lowest BCUT2D eigenvalue weighted by Gasteiger charge is -2.45. The van der Waals surface area contributed by atoms with Gasteiger partial charge in [0, 0.05) is 25.0 Å². The van der Waals surface area contributed by atoms with Crippen LogP contribution in [0, 0.1) is 10.1 Å². The normalized spacial score (nSPS) is 28.4. The number of halogens is 1. The van der Waals surface area contributed by atoms with Gasteiger partial charge in [-0.3, -0.25) is 10.1 Å². The third kappa shape index (κ3) is 3.07. The van der Waals surface area contributed by atoms with Crippen molar-refractivity contribution in [3.05, 3.63) is 39.9 Å². The molecule has 2 fully saturated rings. The average molecular weight is 293 g/mol. The first-order valence-electron chi connectivity index (χ1n) is 7.64. The number of non-ortho nitro benzene ring substituents is 1. The van der Waals surface area contributed by atoms with Crippen molar-refractivity contribution >= 4 is 5.69 Å². The highest BCUT2D eigenvalue weighted by atomic mass is 19.1. The first-order valence-corrected chi connectivity index (χ1v) is 7.64. The number of hydrogen-bond donors (Lipinski definition) is 0. The summed E-state index contributed by atoms with van der Waals surface area (Å²) in [4.78, 5) is 10.3. The van der Waals surface area contributed by atoms with Crippen LogP contribution in [-0.4, -0.2) is 16.7 Å². The van der Waals surface area contributed by atoms with Crippen molar-refractivity contribution in [1.82, 2.24) is 0 Å². The zero-order chi connectivity index (χ0) is 14.9. The Kier molecular flexibility index (Phi) is 3.93. The number of nitro groups is 1. The molecule has 1 aromatic rings. The molecule has 1 heterocycles. The summed E-state index contributed by atoms with van der Waals surface area (Å²) in [5.74, 6) is 0. The van der Waals surface area contributed by atoms with Crippen molar-refractivity contribution in [3.8, 4) is 0 Å². The van der Waals surface area contributed by atoms with Gasteiger partial charge in [-0.05, 0) is 30.5 Å². The van der Waals surface area contributed by atoms with Crippen LogP contribution in [0.25, 0.3) is 0 Å². The Morgan fingerprint density at radius 3 is 2.48 bits per heavy atom. The first-order chi connectivity index (χ1) is 10.1. The Bertz CT molecular complexity index is 511. The topological polar surface area (TPSA) is 52.4 Å². The van der Waals surface area contributed by atoms with Gasteiger partial charge in [-0.2, -0.15) is 0 Å². The van der Waals surface area contributed by atoms with Crippen LogP contribution in [0.4, 0.5) is 10.1 Å². The van der Waals surface area contributed by atoms with Gasteiger partial charge in [0.1, 0.15) is 6.17 Å². The van der Waals surface area contributed by atoms with E-state index in [4.69, 9.17) is 4.74 Å². The minimum Gasteiger partial charge on any atom is -0.367 e. The summed E-state index contributed by atoms with van der Waals surface area (Å²) >= 11 is 0. The number of rotatable bonds is 2. The van der Waals surface area contributed by atoms with Crippen molar-refractivity contribution in [3.63, 3.8) is 0 Å². The predicted molar refractivity (Wildman–Crippen MR) is 76.9 cm³/mol. The molecule has 1 aliphatic heterocycles. The van der Waals surface area contributed by atoms with Crippen LogP contribution in [0.1, 0.15) is 56.6 Å². The van der Waals surface area contributed by atoms with E-state index < -0.39 is 11.1 Å². The zero-order valence-electron chi connectivity index (χ0n) is 12.0. The Balaban J connectivity index is 1.79. The fourth-order valence-corrected chi connectivity index (χ4v) is 3.65. The maximum absolute atomic E-state index is 14.2. The summed E-state index contributed by atoms with van der Waals surface area (Å²) in [5, 5.41) is 10.7. The van der Waals surface area contributed by atoms with Gasteiger partial charge in [-0.1, -0.05) is 19.3 Å². The van der Waals surface area contributed by atoms with Gasteiger partial charge < -0.3 is 4.74 Å². The van der Waals surface area contributed by atoms with Gasteiger partial charge in [-0.25, -0.2) is 4.39 Å². The lowest BCUT2D eigenvalue weighted by atomic mass is 9.77. The number of hydrogen-bond acceptors (Lipinski definition) is 3. The molecule has 0 unspecified atom stereocenters. The quantitative estimate of drug-likeness (QED) is 0.596. The molecule has 0 amide bonds. The van der Waals surface area contributed by atoms with E-state index in [0.29, 0.717) is 12.8 Å². The molecule has 0 bridgehead atoms. The van der Waals surface area contributed by atoms with E-state index in [-0.39, 0.29) is 17.4 Å². The second-order valence-electron chi connectivity index (χ2n) is 6.24. The molecule has 4 nitrogen and oxygen atoms in total. The Labute approximate surface area is 123 Å². The summed E-state index contributed by atoms with van der Waals surface area (Å²) in [6, 6.07) is 6.32. The zero-order valence-corrected chi connectivity index (χ0v) is 12.0. The molecule has 0 aromatic heterocycles. The molecule has 21 heavy (non-hydrogen) atoms. The highest BCUT2D eigenvalue weighted by Gasteiger charge is 2.42. The number of alkyl halides is 1. The highest BCUT2D eigenvalue weighted by molar-refractivity contribution is 5.34. The van der Waals surface area contributed by atoms with Gasteiger partial charge >= 0.3 is 0 Å². The van der Waals surface area contributed by atoms with Crippen LogP contribution in [0.5, 0.6) is 0 Å². The fourth-order valence-electron chi connectivity index (χ4n) is 3.65. The lowest BCUT2D eigenvalue weighted by molar-refractivity contribution is -0.384. The predicted octanol–water partition coefficient (Wildman–Crippen LogP) is 4.49. The number of nitrogens with zero attached hydrogens (tertiary/aromatic N) is 1. The molecule has 1 saturated heterocycles. The van der Waals surface area contributed by atoms with Crippen molar-refractivity contribution < 1.29 is 14.1 Å². The maximum Gasteiger partial charge on any atom is 0.269 e. The van der Waals surface area contributed by atoms with E-state index in [1.54, 1.807) is 12.1 Å². The van der Waals surface area contributed by atoms with E-state index in [1.165, 1.54) is 18.6 Å². The average Bonchev–Trinajstić information content (AvgIpc) is 2.47. The molecule has 0 N–H and O–H groups in total. The molecule has 2 aliphatic rings. The number of benzene rings is 1. The summed E-state index contributed by atoms with van der Waals surface area (Å²) in [6.07, 6.45) is 4.96. The molecule has 0 radical (unpaired) electrons. The SMILES string of the molecule is O=[N+]([O-])c1ccc([C@@H]2C[C@H](F)CC3(CCCCC3)O2)cc1. The summed E-state index contributed by atoms with van der Waals surface area (Å²) < 4.78 is 20.4. The molecule has 3 rings (SSSR count). The summed E-state index contributed by atoms with van der Waals surface area (Å²) in [6.45, 7) is 0. The van der Waals surface area contributed by atoms with E-state index in [2.05, 4.69) is 0 Å². The van der Waals surface area contributed by atoms with Crippen molar-refractivity contribution in [2.45, 2.75) is 62.8 Å². The minimum absolute atomic E-state index is 0.0544. The second-order valence-corrected chi connectivity index (χ2v) is 6.24. The molecule has 1 spiro atoms. The number of ether oxygens (including phenoxy) is 1. The fraction of sp³-hybridized carbons (Fsp3) is 0.625. The molecule has 1 saturated carbocycles. The van der Waals surface area contributed by atoms with Crippen LogP contribution in [-0.2, 0) is 4.74 Å². The smallest absolute Gasteiger partial charge is 0.269 e. The third-order valence-electron chi connectivity index (χ3n) is 4.70. The standard InChI is InChI=1S/C16H20FNO3/c17-13-10-15(12-4-6-14(7-5-12)18(19)20)21-16(11-13)8-2-1-3-9-16/h4-7,13,15H,1-3,8-11H2/t13-,15-/m0/s1. The largest absolute Gasteiger partial charge is 0.367 e. The Hall–Kier alpha value is -1.49. The highest BCUT2D eigenvalue weighted by Crippen LogP contribution is 2.46. The van der Waals surface area contributed by atoms with Gasteiger partial charge in [0.05, 0.1) is 16.6 Å². The molecular formula is C16H20FNO3. The second kappa shape index (κ2) is 5.72. The lowest BCUT2D eigenvalue weighted by Crippen LogP contribution is -2.43. The minimum atomic E-state index is -0.850. The molecule has 1 aliphatic carbocycles. The molecule has 1 aromatic carbocycles. The van der Waals surface area contributed by atoms with E-state index in [0.717, 1.165) is 31.2 Å². The van der Waals surface area contributed by atoms with Gasteiger partial charge in [0.2, 0.25) is 0 Å². The van der Waals surface area contributed by atoms with Gasteiger partial charge in [-0.15, -0.1) is 0 Å².